The Kier molecular flexibility index (Phi) is 5.82. The number of aliphatic hydroxyl groups excluding tert-OH is 1. The van der Waals surface area contributed by atoms with Gasteiger partial charge in [-0.15, -0.1) is 6.58 Å². The van der Waals surface area contributed by atoms with Crippen LogP contribution in [0, 0.1) is 0 Å². The molecule has 0 spiro atoms. The van der Waals surface area contributed by atoms with Crippen LogP contribution < -0.4 is 10.6 Å². The Morgan fingerprint density at radius 2 is 2.18 bits per heavy atom. The van der Waals surface area contributed by atoms with Gasteiger partial charge in [0.25, 0.3) is 5.91 Å². The van der Waals surface area contributed by atoms with Crippen molar-refractivity contribution in [3.05, 3.63) is 42.5 Å². The number of rotatable bonds is 7. The van der Waals surface area contributed by atoms with E-state index in [0.29, 0.717) is 25.1 Å². The summed E-state index contributed by atoms with van der Waals surface area (Å²) >= 11 is 0. The molecule has 92 valence electrons. The first-order valence-corrected chi connectivity index (χ1v) is 5.62. The van der Waals surface area contributed by atoms with E-state index in [4.69, 9.17) is 5.11 Å². The number of aliphatic hydroxyl groups is 1. The molecule has 0 unspecified atom stereocenters. The van der Waals surface area contributed by atoms with Crippen molar-refractivity contribution < 1.29 is 9.90 Å². The highest BCUT2D eigenvalue weighted by molar-refractivity contribution is 5.99. The second kappa shape index (κ2) is 7.46. The van der Waals surface area contributed by atoms with Gasteiger partial charge in [-0.05, 0) is 18.6 Å². The molecule has 17 heavy (non-hydrogen) atoms. The van der Waals surface area contributed by atoms with E-state index in [1.54, 1.807) is 12.1 Å². The number of nitrogens with one attached hydrogen (secondary N) is 2. The molecule has 0 saturated carbocycles. The summed E-state index contributed by atoms with van der Waals surface area (Å²) in [5, 5.41) is 14.6. The Hall–Kier alpha value is -1.81. The van der Waals surface area contributed by atoms with Crippen LogP contribution in [-0.2, 0) is 0 Å². The Bertz CT molecular complexity index is 377. The van der Waals surface area contributed by atoms with Gasteiger partial charge in [-0.25, -0.2) is 0 Å². The highest BCUT2D eigenvalue weighted by Gasteiger charge is 2.08. The fourth-order valence-electron chi connectivity index (χ4n) is 1.40. The SMILES string of the molecule is C=CCNC(=O)c1ccccc1NCCCO. The van der Waals surface area contributed by atoms with Gasteiger partial charge in [-0.2, -0.15) is 0 Å². The van der Waals surface area contributed by atoms with E-state index in [2.05, 4.69) is 17.2 Å². The zero-order valence-corrected chi connectivity index (χ0v) is 9.78. The van der Waals surface area contributed by atoms with E-state index in [9.17, 15) is 4.79 Å². The van der Waals surface area contributed by atoms with Crippen LogP contribution in [0.4, 0.5) is 5.69 Å². The minimum absolute atomic E-state index is 0.128. The van der Waals surface area contributed by atoms with E-state index in [1.807, 2.05) is 18.2 Å². The van der Waals surface area contributed by atoms with E-state index in [1.165, 1.54) is 0 Å². The molecule has 4 nitrogen and oxygen atoms in total. The third-order valence-corrected chi connectivity index (χ3v) is 2.23. The molecular formula is C13H18N2O2. The summed E-state index contributed by atoms with van der Waals surface area (Å²) in [5.74, 6) is -0.128. The molecule has 0 aliphatic heterocycles. The lowest BCUT2D eigenvalue weighted by Crippen LogP contribution is -2.24. The van der Waals surface area contributed by atoms with Crippen LogP contribution in [0.1, 0.15) is 16.8 Å². The lowest BCUT2D eigenvalue weighted by molar-refractivity contribution is 0.0959. The minimum Gasteiger partial charge on any atom is -0.396 e. The van der Waals surface area contributed by atoms with Gasteiger partial charge in [0.2, 0.25) is 0 Å². The summed E-state index contributed by atoms with van der Waals surface area (Å²) in [5.41, 5.74) is 1.38. The van der Waals surface area contributed by atoms with Crippen LogP contribution in [0.3, 0.4) is 0 Å². The maximum absolute atomic E-state index is 11.8. The second-order valence-corrected chi connectivity index (χ2v) is 3.55. The number of anilines is 1. The van der Waals surface area contributed by atoms with E-state index in [0.717, 1.165) is 5.69 Å². The molecule has 0 aliphatic carbocycles. The first kappa shape index (κ1) is 13.3. The van der Waals surface area contributed by atoms with Gasteiger partial charge >= 0.3 is 0 Å². The van der Waals surface area contributed by atoms with Crippen LogP contribution in [0.15, 0.2) is 36.9 Å². The highest BCUT2D eigenvalue weighted by Crippen LogP contribution is 2.14. The largest absolute Gasteiger partial charge is 0.396 e. The van der Waals surface area contributed by atoms with Gasteiger partial charge < -0.3 is 15.7 Å². The number of carbonyl (C=O) groups is 1. The molecule has 0 heterocycles. The number of benzene rings is 1. The number of carbonyl (C=O) groups excluding carboxylic acids is 1. The molecule has 0 bridgehead atoms. The summed E-state index contributed by atoms with van der Waals surface area (Å²) in [6.07, 6.45) is 2.29. The average Bonchev–Trinajstić information content (AvgIpc) is 2.37. The highest BCUT2D eigenvalue weighted by atomic mass is 16.3. The molecule has 0 aliphatic rings. The molecule has 0 radical (unpaired) electrons. The van der Waals surface area contributed by atoms with E-state index >= 15 is 0 Å². The van der Waals surface area contributed by atoms with Gasteiger partial charge in [0, 0.05) is 25.4 Å². The van der Waals surface area contributed by atoms with E-state index in [-0.39, 0.29) is 12.5 Å². The lowest BCUT2D eigenvalue weighted by atomic mass is 10.1. The van der Waals surface area contributed by atoms with Crippen molar-refractivity contribution in [2.75, 3.05) is 25.0 Å². The molecule has 1 rings (SSSR count). The number of amides is 1. The van der Waals surface area contributed by atoms with Crippen LogP contribution >= 0.6 is 0 Å². The van der Waals surface area contributed by atoms with Crippen molar-refractivity contribution in [3.8, 4) is 0 Å². The molecule has 0 aromatic heterocycles. The van der Waals surface area contributed by atoms with Crippen molar-refractivity contribution in [2.45, 2.75) is 6.42 Å². The fraction of sp³-hybridized carbons (Fsp3) is 0.308. The first-order valence-electron chi connectivity index (χ1n) is 5.62. The molecule has 1 amide bonds. The van der Waals surface area contributed by atoms with Gasteiger partial charge in [0.05, 0.1) is 5.56 Å². The second-order valence-electron chi connectivity index (χ2n) is 3.55. The normalized spacial score (nSPS) is 9.71. The zero-order valence-electron chi connectivity index (χ0n) is 9.78. The number of para-hydroxylation sites is 1. The van der Waals surface area contributed by atoms with Gasteiger partial charge in [0.15, 0.2) is 0 Å². The van der Waals surface area contributed by atoms with Gasteiger partial charge in [0.1, 0.15) is 0 Å². The van der Waals surface area contributed by atoms with Crippen molar-refractivity contribution >= 4 is 11.6 Å². The third kappa shape index (κ3) is 4.28. The summed E-state index contributed by atoms with van der Waals surface area (Å²) in [4.78, 5) is 11.8. The molecular weight excluding hydrogens is 216 g/mol. The van der Waals surface area contributed by atoms with Crippen molar-refractivity contribution in [2.24, 2.45) is 0 Å². The molecule has 4 heteroatoms. The topological polar surface area (TPSA) is 61.4 Å². The average molecular weight is 234 g/mol. The van der Waals surface area contributed by atoms with E-state index < -0.39 is 0 Å². The summed E-state index contributed by atoms with van der Waals surface area (Å²) in [6.45, 7) is 4.78. The zero-order chi connectivity index (χ0) is 12.5. The predicted octanol–water partition coefficient (Wildman–Crippen LogP) is 1.40. The quantitative estimate of drug-likeness (QED) is 0.493. The minimum atomic E-state index is -0.128. The molecule has 1 aromatic rings. The smallest absolute Gasteiger partial charge is 0.253 e. The summed E-state index contributed by atoms with van der Waals surface area (Å²) < 4.78 is 0. The predicted molar refractivity (Wildman–Crippen MR) is 69.2 cm³/mol. The molecule has 3 N–H and O–H groups in total. The van der Waals surface area contributed by atoms with Crippen LogP contribution in [-0.4, -0.2) is 30.7 Å². The Labute approximate surface area is 101 Å². The molecule has 0 atom stereocenters. The Morgan fingerprint density at radius 1 is 1.41 bits per heavy atom. The monoisotopic (exact) mass is 234 g/mol. The first-order chi connectivity index (χ1) is 8.29. The molecule has 1 aromatic carbocycles. The Morgan fingerprint density at radius 3 is 2.88 bits per heavy atom. The van der Waals surface area contributed by atoms with Crippen LogP contribution in [0.2, 0.25) is 0 Å². The third-order valence-electron chi connectivity index (χ3n) is 2.23. The number of hydrogen-bond donors (Lipinski definition) is 3. The Balaban J connectivity index is 2.69. The standard InChI is InChI=1S/C13H18N2O2/c1-2-8-15-13(17)11-6-3-4-7-12(11)14-9-5-10-16/h2-4,6-7,14,16H,1,5,8-10H2,(H,15,17). The van der Waals surface area contributed by atoms with Crippen molar-refractivity contribution in [3.63, 3.8) is 0 Å². The maximum Gasteiger partial charge on any atom is 0.253 e. The number of hydrogen-bond acceptors (Lipinski definition) is 3. The molecule has 0 fully saturated rings. The fourth-order valence-corrected chi connectivity index (χ4v) is 1.40. The van der Waals surface area contributed by atoms with Crippen molar-refractivity contribution in [1.82, 2.24) is 5.32 Å². The summed E-state index contributed by atoms with van der Waals surface area (Å²) in [6, 6.07) is 7.30. The van der Waals surface area contributed by atoms with Crippen molar-refractivity contribution in [1.29, 1.82) is 0 Å². The molecule has 0 saturated heterocycles. The maximum atomic E-state index is 11.8. The van der Waals surface area contributed by atoms with Gasteiger partial charge in [-0.1, -0.05) is 18.2 Å². The summed E-state index contributed by atoms with van der Waals surface area (Å²) in [7, 11) is 0. The van der Waals surface area contributed by atoms with Crippen LogP contribution in [0.5, 0.6) is 0 Å². The van der Waals surface area contributed by atoms with Crippen LogP contribution in [0.25, 0.3) is 0 Å². The lowest BCUT2D eigenvalue weighted by Gasteiger charge is -2.11. The van der Waals surface area contributed by atoms with Gasteiger partial charge in [-0.3, -0.25) is 4.79 Å².